The van der Waals surface area contributed by atoms with Crippen LogP contribution >= 0.6 is 0 Å². The molecule has 5 heteroatoms. The van der Waals surface area contributed by atoms with E-state index in [0.717, 1.165) is 28.8 Å². The zero-order valence-corrected chi connectivity index (χ0v) is 14.8. The van der Waals surface area contributed by atoms with E-state index < -0.39 is 6.10 Å². The van der Waals surface area contributed by atoms with Crippen LogP contribution in [0.15, 0.2) is 34.6 Å². The molecule has 0 fully saturated rings. The van der Waals surface area contributed by atoms with Crippen molar-refractivity contribution in [3.05, 3.63) is 34.6 Å². The number of likely N-dealkylation sites (N-methyl/N-ethyl adjacent to an activating group) is 1. The maximum Gasteiger partial charge on any atom is 0.254 e. The van der Waals surface area contributed by atoms with Gasteiger partial charge in [-0.25, -0.2) is 0 Å². The highest BCUT2D eigenvalue weighted by atomic mass is 17.2. The molecule has 4 unspecified atom stereocenters. The van der Waals surface area contributed by atoms with Crippen molar-refractivity contribution in [2.75, 3.05) is 14.2 Å². The number of rotatable bonds is 3. The third-order valence-corrected chi connectivity index (χ3v) is 5.89. The zero-order chi connectivity index (χ0) is 17.6. The number of terminal acetylenes is 1. The molecule has 0 aromatic carbocycles. The summed E-state index contributed by atoms with van der Waals surface area (Å²) < 4.78 is 5.68. The van der Waals surface area contributed by atoms with E-state index in [9.17, 15) is 4.79 Å². The lowest BCUT2D eigenvalue weighted by Crippen LogP contribution is -2.48. The van der Waals surface area contributed by atoms with Gasteiger partial charge in [0.25, 0.3) is 5.91 Å². The van der Waals surface area contributed by atoms with Gasteiger partial charge in [-0.2, -0.15) is 4.89 Å². The van der Waals surface area contributed by atoms with Gasteiger partial charge in [-0.3, -0.25) is 9.68 Å². The molecule has 128 valence electrons. The number of fused-ring (bicyclic) bond motifs is 2. The predicted molar refractivity (Wildman–Crippen MR) is 89.1 cm³/mol. The summed E-state index contributed by atoms with van der Waals surface area (Å²) in [6.07, 6.45) is 11.5. The molecule has 0 radical (unpaired) electrons. The molecule has 24 heavy (non-hydrogen) atoms. The van der Waals surface area contributed by atoms with Crippen molar-refractivity contribution in [3.8, 4) is 12.5 Å². The van der Waals surface area contributed by atoms with Crippen molar-refractivity contribution in [1.29, 1.82) is 0 Å². The molecule has 0 saturated heterocycles. The van der Waals surface area contributed by atoms with Gasteiger partial charge in [0.1, 0.15) is 0 Å². The lowest BCUT2D eigenvalue weighted by Gasteiger charge is -2.48. The van der Waals surface area contributed by atoms with E-state index >= 15 is 0 Å². The lowest BCUT2D eigenvalue weighted by molar-refractivity contribution is -0.288. The van der Waals surface area contributed by atoms with Gasteiger partial charge in [0, 0.05) is 30.8 Å². The zero-order valence-electron chi connectivity index (χ0n) is 14.8. The molecule has 3 aliphatic rings. The van der Waals surface area contributed by atoms with E-state index in [1.54, 1.807) is 12.0 Å². The van der Waals surface area contributed by atoms with Gasteiger partial charge in [0.2, 0.25) is 0 Å². The summed E-state index contributed by atoms with van der Waals surface area (Å²) in [7, 11) is 3.48. The number of nitrogens with zero attached hydrogens (tertiary/aromatic N) is 1. The van der Waals surface area contributed by atoms with Crippen molar-refractivity contribution < 1.29 is 19.3 Å². The van der Waals surface area contributed by atoms with Crippen LogP contribution in [0.3, 0.4) is 0 Å². The Bertz CT molecular complexity index is 711. The van der Waals surface area contributed by atoms with Crippen LogP contribution in [0.4, 0.5) is 0 Å². The quantitative estimate of drug-likeness (QED) is 0.454. The highest BCUT2D eigenvalue weighted by molar-refractivity contribution is 6.00. The first kappa shape index (κ1) is 16.8. The van der Waals surface area contributed by atoms with E-state index in [1.807, 2.05) is 26.2 Å². The van der Waals surface area contributed by atoms with Crippen LogP contribution in [0.25, 0.3) is 0 Å². The molecular weight excluding hydrogens is 306 g/mol. The smallest absolute Gasteiger partial charge is 0.254 e. The van der Waals surface area contributed by atoms with Crippen molar-refractivity contribution in [2.45, 2.75) is 39.4 Å². The van der Waals surface area contributed by atoms with Crippen LogP contribution in [-0.2, 0) is 19.3 Å². The van der Waals surface area contributed by atoms with Gasteiger partial charge in [0.05, 0.1) is 6.10 Å². The van der Waals surface area contributed by atoms with Crippen LogP contribution in [-0.4, -0.2) is 37.2 Å². The number of carbonyl (C=O) groups excluding carboxylic acids is 1. The summed E-state index contributed by atoms with van der Waals surface area (Å²) >= 11 is 0. The van der Waals surface area contributed by atoms with Gasteiger partial charge in [-0.05, 0) is 42.6 Å². The largest absolute Gasteiger partial charge is 0.378 e. The fourth-order valence-electron chi connectivity index (χ4n) is 4.16. The van der Waals surface area contributed by atoms with Crippen molar-refractivity contribution >= 4 is 5.91 Å². The average Bonchev–Trinajstić information content (AvgIpc) is 2.76. The van der Waals surface area contributed by atoms with Gasteiger partial charge in [0.15, 0.2) is 12.2 Å². The molecular formula is C19H23NO4. The van der Waals surface area contributed by atoms with E-state index in [2.05, 4.69) is 19.9 Å². The van der Waals surface area contributed by atoms with E-state index in [-0.39, 0.29) is 23.3 Å². The van der Waals surface area contributed by atoms with Crippen LogP contribution in [0.2, 0.25) is 0 Å². The second-order valence-electron chi connectivity index (χ2n) is 6.96. The van der Waals surface area contributed by atoms with Crippen LogP contribution in [0.5, 0.6) is 0 Å². The van der Waals surface area contributed by atoms with Crippen LogP contribution in [0.1, 0.15) is 27.2 Å². The van der Waals surface area contributed by atoms with Gasteiger partial charge in [-0.15, -0.1) is 0 Å². The molecule has 0 aromatic rings. The van der Waals surface area contributed by atoms with Gasteiger partial charge >= 0.3 is 0 Å². The molecule has 4 atom stereocenters. The fourth-order valence-corrected chi connectivity index (χ4v) is 4.16. The normalized spacial score (nSPS) is 35.1. The minimum Gasteiger partial charge on any atom is -0.378 e. The molecule has 0 aromatic heterocycles. The molecule has 1 amide bonds. The van der Waals surface area contributed by atoms with Gasteiger partial charge in [-0.1, -0.05) is 20.3 Å². The number of ether oxygens (including phenoxy) is 1. The van der Waals surface area contributed by atoms with Crippen LogP contribution in [0, 0.1) is 23.9 Å². The third-order valence-electron chi connectivity index (χ3n) is 5.89. The standard InChI is InChI=1S/C19H23NO4/c1-7-23-24-16-9-13-8-15-14(11(2)18(21)20(15)5)10-19(13,4)12(3)17(16)22-6/h1,8-9,12,16-17H,10H2,2-6H3. The topological polar surface area (TPSA) is 48.0 Å². The Morgan fingerprint density at radius 3 is 2.79 bits per heavy atom. The van der Waals surface area contributed by atoms with E-state index in [4.69, 9.17) is 20.9 Å². The minimum absolute atomic E-state index is 0.0681. The lowest BCUT2D eigenvalue weighted by atomic mass is 9.59. The predicted octanol–water partition coefficient (Wildman–Crippen LogP) is 2.57. The summed E-state index contributed by atoms with van der Waals surface area (Å²) in [5.74, 6) is 0.228. The second kappa shape index (κ2) is 5.80. The summed E-state index contributed by atoms with van der Waals surface area (Å²) in [4.78, 5) is 24.1. The molecule has 1 heterocycles. The molecule has 1 aliphatic heterocycles. The maximum atomic E-state index is 12.3. The monoisotopic (exact) mass is 329 g/mol. The van der Waals surface area contributed by atoms with Crippen molar-refractivity contribution in [3.63, 3.8) is 0 Å². The first-order valence-corrected chi connectivity index (χ1v) is 8.08. The molecule has 2 aliphatic carbocycles. The number of methoxy groups -OCH3 is 1. The Hall–Kier alpha value is -2.03. The second-order valence-corrected chi connectivity index (χ2v) is 6.96. The van der Waals surface area contributed by atoms with Gasteiger partial charge < -0.3 is 9.64 Å². The maximum absolute atomic E-state index is 12.3. The minimum atomic E-state index is -0.394. The number of hydrogen-bond donors (Lipinski definition) is 0. The fraction of sp³-hybridized carbons (Fsp3) is 0.526. The van der Waals surface area contributed by atoms with E-state index in [0.29, 0.717) is 0 Å². The Morgan fingerprint density at radius 1 is 1.46 bits per heavy atom. The highest BCUT2D eigenvalue weighted by Gasteiger charge is 2.50. The van der Waals surface area contributed by atoms with Crippen LogP contribution < -0.4 is 0 Å². The number of carbonyl (C=O) groups is 1. The average molecular weight is 329 g/mol. The summed E-state index contributed by atoms with van der Waals surface area (Å²) in [5.41, 5.74) is 3.92. The summed E-state index contributed by atoms with van der Waals surface area (Å²) in [5, 5.41) is 0. The Labute approximate surface area is 142 Å². The van der Waals surface area contributed by atoms with E-state index in [1.165, 1.54) is 0 Å². The summed E-state index contributed by atoms with van der Waals surface area (Å²) in [6, 6.07) is 0. The third kappa shape index (κ3) is 2.21. The van der Waals surface area contributed by atoms with Crippen molar-refractivity contribution in [2.24, 2.45) is 11.3 Å². The molecule has 5 nitrogen and oxygen atoms in total. The highest BCUT2D eigenvalue weighted by Crippen LogP contribution is 2.54. The molecule has 0 bridgehead atoms. The SMILES string of the molecule is C#COOC1C=C2C=C3C(=C(C)C(=O)N3C)CC2(C)C(C)C1OC. The molecule has 0 spiro atoms. The van der Waals surface area contributed by atoms with Crippen molar-refractivity contribution in [1.82, 2.24) is 4.90 Å². The Kier molecular flexibility index (Phi) is 4.06. The number of hydrogen-bond acceptors (Lipinski definition) is 4. The number of allylic oxidation sites excluding steroid dienone is 3. The molecule has 0 saturated carbocycles. The molecule has 0 N–H and O–H groups in total. The first-order chi connectivity index (χ1) is 11.3. The Balaban J connectivity index is 2.09. The summed E-state index contributed by atoms with van der Waals surface area (Å²) in [6.45, 7) is 6.26. The first-order valence-electron chi connectivity index (χ1n) is 8.08. The number of amides is 1. The molecule has 3 rings (SSSR count). The Morgan fingerprint density at radius 2 is 2.17 bits per heavy atom.